The summed E-state index contributed by atoms with van der Waals surface area (Å²) in [7, 11) is 0. The molecule has 0 radical (unpaired) electrons. The normalized spacial score (nSPS) is 10.2. The Bertz CT molecular complexity index is 674. The molecule has 0 bridgehead atoms. The molecule has 2 N–H and O–H groups in total. The fraction of sp³-hybridized carbons (Fsp3) is 0.0714. The van der Waals surface area contributed by atoms with Crippen LogP contribution in [0, 0.1) is 0 Å². The molecule has 2 amide bonds. The Hall–Kier alpha value is -1.33. The van der Waals surface area contributed by atoms with Crippen molar-refractivity contribution < 1.29 is 9.53 Å². The van der Waals surface area contributed by atoms with Gasteiger partial charge in [0.05, 0.1) is 5.02 Å². The van der Waals surface area contributed by atoms with Crippen molar-refractivity contribution >= 4 is 58.1 Å². The Morgan fingerprint density at radius 2 is 1.64 bits per heavy atom. The highest BCUT2D eigenvalue weighted by atomic mass is 35.5. The Balaban J connectivity index is 1.85. The molecular formula is C14H10Cl4N2O2. The third-order valence-corrected chi connectivity index (χ3v) is 3.44. The van der Waals surface area contributed by atoms with Crippen molar-refractivity contribution in [1.82, 2.24) is 5.32 Å². The summed E-state index contributed by atoms with van der Waals surface area (Å²) in [5.41, 5.74) is 0.472. The third-order valence-electron chi connectivity index (χ3n) is 2.47. The predicted octanol–water partition coefficient (Wildman–Crippen LogP) is 5.46. The summed E-state index contributed by atoms with van der Waals surface area (Å²) < 4.78 is 5.33. The van der Waals surface area contributed by atoms with E-state index in [0.717, 1.165) is 0 Å². The van der Waals surface area contributed by atoms with Crippen molar-refractivity contribution in [3.05, 3.63) is 56.5 Å². The van der Waals surface area contributed by atoms with E-state index in [2.05, 4.69) is 10.6 Å². The predicted molar refractivity (Wildman–Crippen MR) is 90.6 cm³/mol. The average Bonchev–Trinajstić information content (AvgIpc) is 2.40. The molecule has 4 nitrogen and oxygen atoms in total. The molecule has 0 heterocycles. The number of urea groups is 1. The molecule has 22 heavy (non-hydrogen) atoms. The van der Waals surface area contributed by atoms with E-state index in [-0.39, 0.29) is 6.73 Å². The molecule has 0 aliphatic heterocycles. The number of benzene rings is 2. The van der Waals surface area contributed by atoms with Crippen LogP contribution in [0.25, 0.3) is 0 Å². The summed E-state index contributed by atoms with van der Waals surface area (Å²) in [5, 5.41) is 6.80. The minimum atomic E-state index is -0.469. The van der Waals surface area contributed by atoms with Crippen LogP contribution in [-0.4, -0.2) is 12.8 Å². The molecule has 0 saturated carbocycles. The number of rotatable bonds is 4. The summed E-state index contributed by atoms with van der Waals surface area (Å²) in [4.78, 5) is 11.7. The first-order chi connectivity index (χ1) is 10.4. The number of hydrogen-bond donors (Lipinski definition) is 2. The van der Waals surface area contributed by atoms with Gasteiger partial charge in [-0.1, -0.05) is 46.4 Å². The first-order valence-electron chi connectivity index (χ1n) is 6.03. The molecule has 8 heteroatoms. The summed E-state index contributed by atoms with van der Waals surface area (Å²) in [6.45, 7) is -0.0680. The van der Waals surface area contributed by atoms with Gasteiger partial charge in [-0.3, -0.25) is 0 Å². The molecule has 0 aromatic heterocycles. The average molecular weight is 380 g/mol. The number of amides is 2. The summed E-state index contributed by atoms with van der Waals surface area (Å²) in [5.74, 6) is 0.414. The third kappa shape index (κ3) is 5.14. The number of nitrogens with one attached hydrogen (secondary N) is 2. The first kappa shape index (κ1) is 17.0. The first-order valence-corrected chi connectivity index (χ1v) is 7.54. The Labute approximate surface area is 147 Å². The molecule has 116 valence electrons. The van der Waals surface area contributed by atoms with Gasteiger partial charge in [0.15, 0.2) is 6.73 Å². The molecule has 0 aliphatic rings. The lowest BCUT2D eigenvalue weighted by Crippen LogP contribution is -2.32. The lowest BCUT2D eigenvalue weighted by molar-refractivity contribution is 0.234. The van der Waals surface area contributed by atoms with Crippen LogP contribution in [0.1, 0.15) is 0 Å². The van der Waals surface area contributed by atoms with Crippen LogP contribution in [0.15, 0.2) is 36.4 Å². The maximum atomic E-state index is 11.7. The Morgan fingerprint density at radius 1 is 0.955 bits per heavy atom. The van der Waals surface area contributed by atoms with Crippen molar-refractivity contribution in [2.75, 3.05) is 12.0 Å². The second kappa shape index (κ2) is 7.79. The number of ether oxygens (including phenoxy) is 1. The molecule has 0 saturated heterocycles. The minimum absolute atomic E-state index is 0.0680. The topological polar surface area (TPSA) is 50.4 Å². The lowest BCUT2D eigenvalue weighted by Gasteiger charge is -2.11. The van der Waals surface area contributed by atoms with E-state index >= 15 is 0 Å². The highest BCUT2D eigenvalue weighted by Crippen LogP contribution is 2.27. The monoisotopic (exact) mass is 378 g/mol. The molecule has 0 spiro atoms. The maximum Gasteiger partial charge on any atom is 0.321 e. The Morgan fingerprint density at radius 3 is 2.27 bits per heavy atom. The molecule has 2 rings (SSSR count). The fourth-order valence-corrected chi connectivity index (χ4v) is 2.56. The van der Waals surface area contributed by atoms with Gasteiger partial charge in [0.1, 0.15) is 5.75 Å². The largest absolute Gasteiger partial charge is 0.472 e. The highest BCUT2D eigenvalue weighted by molar-refractivity contribution is 6.35. The molecule has 0 aliphatic carbocycles. The van der Waals surface area contributed by atoms with Gasteiger partial charge < -0.3 is 15.4 Å². The van der Waals surface area contributed by atoms with E-state index in [0.29, 0.717) is 31.5 Å². The van der Waals surface area contributed by atoms with Crippen LogP contribution >= 0.6 is 46.4 Å². The standard InChI is InChI=1S/C14H10Cl4N2O2/c15-8-1-2-13(12(18)6-8)22-7-19-14(21)20-11-4-9(16)3-10(17)5-11/h1-6H,7H2,(H2,19,20,21). The number of carbonyl (C=O) groups is 1. The molecule has 0 atom stereocenters. The van der Waals surface area contributed by atoms with E-state index in [1.165, 1.54) is 0 Å². The number of anilines is 1. The van der Waals surface area contributed by atoms with Gasteiger partial charge in [0.2, 0.25) is 0 Å². The molecule has 2 aromatic rings. The van der Waals surface area contributed by atoms with Crippen LogP contribution in [0.5, 0.6) is 5.75 Å². The van der Waals surface area contributed by atoms with Gasteiger partial charge >= 0.3 is 6.03 Å². The van der Waals surface area contributed by atoms with Gasteiger partial charge in [0, 0.05) is 20.8 Å². The summed E-state index contributed by atoms with van der Waals surface area (Å²) in [6.07, 6.45) is 0. The van der Waals surface area contributed by atoms with Crippen LogP contribution < -0.4 is 15.4 Å². The molecular weight excluding hydrogens is 370 g/mol. The van der Waals surface area contributed by atoms with Gasteiger partial charge in [-0.25, -0.2) is 4.79 Å². The summed E-state index contributed by atoms with van der Waals surface area (Å²) in [6, 6.07) is 9.04. The van der Waals surface area contributed by atoms with E-state index in [4.69, 9.17) is 51.1 Å². The highest BCUT2D eigenvalue weighted by Gasteiger charge is 2.05. The molecule has 2 aromatic carbocycles. The number of carbonyl (C=O) groups excluding carboxylic acids is 1. The second-order valence-electron chi connectivity index (χ2n) is 4.15. The van der Waals surface area contributed by atoms with Gasteiger partial charge in [-0.15, -0.1) is 0 Å². The fourth-order valence-electron chi connectivity index (χ4n) is 1.57. The lowest BCUT2D eigenvalue weighted by atomic mass is 10.3. The van der Waals surface area contributed by atoms with Gasteiger partial charge in [0.25, 0.3) is 0 Å². The maximum absolute atomic E-state index is 11.7. The minimum Gasteiger partial charge on any atom is -0.472 e. The van der Waals surface area contributed by atoms with Gasteiger partial charge in [-0.2, -0.15) is 0 Å². The van der Waals surface area contributed by atoms with E-state index in [1.54, 1.807) is 36.4 Å². The van der Waals surface area contributed by atoms with E-state index in [9.17, 15) is 4.79 Å². The van der Waals surface area contributed by atoms with Crippen molar-refractivity contribution in [3.8, 4) is 5.75 Å². The van der Waals surface area contributed by atoms with Crippen LogP contribution in [0.2, 0.25) is 20.1 Å². The zero-order valence-electron chi connectivity index (χ0n) is 11.0. The van der Waals surface area contributed by atoms with Crippen molar-refractivity contribution in [1.29, 1.82) is 0 Å². The van der Waals surface area contributed by atoms with Crippen LogP contribution in [0.4, 0.5) is 10.5 Å². The zero-order chi connectivity index (χ0) is 16.1. The van der Waals surface area contributed by atoms with Crippen molar-refractivity contribution in [3.63, 3.8) is 0 Å². The quantitative estimate of drug-likeness (QED) is 0.693. The second-order valence-corrected chi connectivity index (χ2v) is 5.87. The van der Waals surface area contributed by atoms with E-state index in [1.807, 2.05) is 0 Å². The SMILES string of the molecule is O=C(NCOc1ccc(Cl)cc1Cl)Nc1cc(Cl)cc(Cl)c1. The van der Waals surface area contributed by atoms with Crippen molar-refractivity contribution in [2.45, 2.75) is 0 Å². The van der Waals surface area contributed by atoms with E-state index < -0.39 is 6.03 Å². The van der Waals surface area contributed by atoms with Crippen LogP contribution in [-0.2, 0) is 0 Å². The Kier molecular flexibility index (Phi) is 6.03. The van der Waals surface area contributed by atoms with Crippen molar-refractivity contribution in [2.24, 2.45) is 0 Å². The number of hydrogen-bond acceptors (Lipinski definition) is 2. The van der Waals surface area contributed by atoms with Gasteiger partial charge in [-0.05, 0) is 36.4 Å². The molecule has 0 fully saturated rings. The number of halogens is 4. The molecule has 0 unspecified atom stereocenters. The van der Waals surface area contributed by atoms with Crippen LogP contribution in [0.3, 0.4) is 0 Å². The summed E-state index contributed by atoms with van der Waals surface area (Å²) >= 11 is 23.4. The smallest absolute Gasteiger partial charge is 0.321 e. The zero-order valence-corrected chi connectivity index (χ0v) is 14.0.